The van der Waals surface area contributed by atoms with Crippen molar-refractivity contribution in [3.05, 3.63) is 35.1 Å². The van der Waals surface area contributed by atoms with Gasteiger partial charge < -0.3 is 10.6 Å². The van der Waals surface area contributed by atoms with Crippen LogP contribution in [0.15, 0.2) is 18.2 Å². The molecule has 0 aliphatic carbocycles. The Hall–Kier alpha value is -0.970. The number of nitrogens with zero attached hydrogens (tertiary/aromatic N) is 2. The van der Waals surface area contributed by atoms with Gasteiger partial charge in [0.15, 0.2) is 0 Å². The largest absolute Gasteiger partial charge is 0.329 e. The second-order valence-corrected chi connectivity index (χ2v) is 5.96. The highest BCUT2D eigenvalue weighted by molar-refractivity contribution is 5.30. The first-order valence-corrected chi connectivity index (χ1v) is 7.43. The van der Waals surface area contributed by atoms with E-state index in [4.69, 9.17) is 5.73 Å². The first-order valence-electron chi connectivity index (χ1n) is 7.43. The van der Waals surface area contributed by atoms with Crippen molar-refractivity contribution in [1.29, 1.82) is 0 Å². The van der Waals surface area contributed by atoms with E-state index >= 15 is 0 Å². The van der Waals surface area contributed by atoms with Crippen LogP contribution in [-0.2, 0) is 0 Å². The van der Waals surface area contributed by atoms with Crippen LogP contribution in [0.3, 0.4) is 0 Å². The predicted octanol–water partition coefficient (Wildman–Crippen LogP) is 2.16. The van der Waals surface area contributed by atoms with Crippen molar-refractivity contribution < 1.29 is 4.39 Å². The molecule has 2 atom stereocenters. The molecule has 1 heterocycles. The predicted molar refractivity (Wildman–Crippen MR) is 81.2 cm³/mol. The third-order valence-electron chi connectivity index (χ3n) is 4.31. The van der Waals surface area contributed by atoms with Gasteiger partial charge in [-0.2, -0.15) is 0 Å². The van der Waals surface area contributed by atoms with Gasteiger partial charge in [-0.25, -0.2) is 4.39 Å². The quantitative estimate of drug-likeness (QED) is 0.920. The van der Waals surface area contributed by atoms with Gasteiger partial charge in [-0.3, -0.25) is 4.90 Å². The number of hydrogen-bond acceptors (Lipinski definition) is 3. The highest BCUT2D eigenvalue weighted by Gasteiger charge is 2.27. The average Bonchev–Trinajstić information content (AvgIpc) is 2.54. The third kappa shape index (κ3) is 3.37. The van der Waals surface area contributed by atoms with E-state index in [1.807, 2.05) is 13.0 Å². The van der Waals surface area contributed by atoms with Crippen LogP contribution in [0, 0.1) is 12.7 Å². The monoisotopic (exact) mass is 279 g/mol. The van der Waals surface area contributed by atoms with E-state index in [0.29, 0.717) is 12.6 Å². The lowest BCUT2D eigenvalue weighted by molar-refractivity contribution is 0.146. The van der Waals surface area contributed by atoms with Gasteiger partial charge in [0.2, 0.25) is 0 Å². The second-order valence-electron chi connectivity index (χ2n) is 5.96. The van der Waals surface area contributed by atoms with E-state index in [9.17, 15) is 4.39 Å². The summed E-state index contributed by atoms with van der Waals surface area (Å²) in [4.78, 5) is 4.85. The van der Waals surface area contributed by atoms with Crippen LogP contribution in [0.5, 0.6) is 0 Å². The molecule has 3 nitrogen and oxygen atoms in total. The molecule has 112 valence electrons. The molecular formula is C16H26FN3. The number of likely N-dealkylation sites (N-methyl/N-ethyl adjacent to an activating group) is 1. The molecule has 20 heavy (non-hydrogen) atoms. The topological polar surface area (TPSA) is 32.5 Å². The summed E-state index contributed by atoms with van der Waals surface area (Å²) in [6.07, 6.45) is 1.15. The number of benzene rings is 1. The van der Waals surface area contributed by atoms with E-state index < -0.39 is 0 Å². The zero-order chi connectivity index (χ0) is 14.7. The lowest BCUT2D eigenvalue weighted by Crippen LogP contribution is -2.43. The van der Waals surface area contributed by atoms with Gasteiger partial charge in [-0.15, -0.1) is 0 Å². The van der Waals surface area contributed by atoms with Crippen LogP contribution in [0.4, 0.5) is 4.39 Å². The van der Waals surface area contributed by atoms with Gasteiger partial charge >= 0.3 is 0 Å². The highest BCUT2D eigenvalue weighted by atomic mass is 19.1. The van der Waals surface area contributed by atoms with Crippen LogP contribution < -0.4 is 5.73 Å². The first-order chi connectivity index (χ1) is 9.52. The summed E-state index contributed by atoms with van der Waals surface area (Å²) in [5, 5.41) is 0. The fourth-order valence-electron chi connectivity index (χ4n) is 3.31. The molecule has 0 aromatic heterocycles. The molecule has 2 rings (SSSR count). The minimum atomic E-state index is -0.175. The fraction of sp³-hybridized carbons (Fsp3) is 0.625. The molecule has 2 N–H and O–H groups in total. The Bertz CT molecular complexity index is 449. The standard InChI is InChI=1S/C16H26FN3/c1-12-9-14(17)5-6-15(12)16(10-18)20-8-4-7-19(3)11-13(20)2/h5-6,9,13,16H,4,7-8,10-11,18H2,1-3H3. The van der Waals surface area contributed by atoms with Gasteiger partial charge in [0, 0.05) is 31.7 Å². The smallest absolute Gasteiger partial charge is 0.123 e. The maximum atomic E-state index is 13.3. The summed E-state index contributed by atoms with van der Waals surface area (Å²) in [7, 11) is 2.17. The molecule has 0 radical (unpaired) electrons. The molecule has 1 aromatic rings. The molecule has 0 bridgehead atoms. The van der Waals surface area contributed by atoms with Crippen molar-refractivity contribution in [2.75, 3.05) is 33.2 Å². The Kier molecular flexibility index (Phi) is 5.13. The van der Waals surface area contributed by atoms with Crippen molar-refractivity contribution in [1.82, 2.24) is 9.80 Å². The van der Waals surface area contributed by atoms with Gasteiger partial charge in [0.25, 0.3) is 0 Å². The zero-order valence-corrected chi connectivity index (χ0v) is 12.8. The lowest BCUT2D eigenvalue weighted by Gasteiger charge is -2.36. The Morgan fingerprint density at radius 3 is 2.80 bits per heavy atom. The molecule has 1 aliphatic heterocycles. The van der Waals surface area contributed by atoms with Crippen LogP contribution in [0.1, 0.15) is 30.5 Å². The van der Waals surface area contributed by atoms with Gasteiger partial charge in [0.05, 0.1) is 0 Å². The van der Waals surface area contributed by atoms with Crippen LogP contribution >= 0.6 is 0 Å². The van der Waals surface area contributed by atoms with Crippen LogP contribution in [-0.4, -0.2) is 49.1 Å². The zero-order valence-electron chi connectivity index (χ0n) is 12.8. The maximum absolute atomic E-state index is 13.3. The summed E-state index contributed by atoms with van der Waals surface area (Å²) in [6.45, 7) is 8.01. The number of rotatable bonds is 3. The second kappa shape index (κ2) is 6.66. The minimum Gasteiger partial charge on any atom is -0.329 e. The first kappa shape index (κ1) is 15.4. The van der Waals surface area contributed by atoms with E-state index in [2.05, 4.69) is 23.8 Å². The summed E-state index contributed by atoms with van der Waals surface area (Å²) >= 11 is 0. The molecule has 2 unspecified atom stereocenters. The molecule has 4 heteroatoms. The van der Waals surface area contributed by atoms with E-state index in [0.717, 1.165) is 37.2 Å². The van der Waals surface area contributed by atoms with Crippen molar-refractivity contribution in [2.24, 2.45) is 5.73 Å². The molecule has 1 aliphatic rings. The molecule has 0 spiro atoms. The van der Waals surface area contributed by atoms with Gasteiger partial charge in [0.1, 0.15) is 5.82 Å². The molecule has 1 fully saturated rings. The van der Waals surface area contributed by atoms with Crippen molar-refractivity contribution in [3.63, 3.8) is 0 Å². The number of halogens is 1. The van der Waals surface area contributed by atoms with E-state index in [1.54, 1.807) is 12.1 Å². The minimum absolute atomic E-state index is 0.175. The van der Waals surface area contributed by atoms with Gasteiger partial charge in [-0.05, 0) is 57.1 Å². The normalized spacial score (nSPS) is 23.6. The third-order valence-corrected chi connectivity index (χ3v) is 4.31. The lowest BCUT2D eigenvalue weighted by atomic mass is 9.98. The highest BCUT2D eigenvalue weighted by Crippen LogP contribution is 2.27. The summed E-state index contributed by atoms with van der Waals surface area (Å²) < 4.78 is 13.3. The SMILES string of the molecule is Cc1cc(F)ccc1C(CN)N1CCCN(C)CC1C. The van der Waals surface area contributed by atoms with E-state index in [1.165, 1.54) is 0 Å². The molecule has 0 amide bonds. The number of hydrogen-bond donors (Lipinski definition) is 1. The van der Waals surface area contributed by atoms with Crippen LogP contribution in [0.2, 0.25) is 0 Å². The summed E-state index contributed by atoms with van der Waals surface area (Å²) in [5.41, 5.74) is 8.19. The van der Waals surface area contributed by atoms with E-state index in [-0.39, 0.29) is 11.9 Å². The fourth-order valence-corrected chi connectivity index (χ4v) is 3.31. The summed E-state index contributed by atoms with van der Waals surface area (Å²) in [5.74, 6) is -0.175. The number of nitrogens with two attached hydrogens (primary N) is 1. The maximum Gasteiger partial charge on any atom is 0.123 e. The molecule has 1 saturated heterocycles. The Labute approximate surface area is 121 Å². The van der Waals surface area contributed by atoms with Crippen molar-refractivity contribution in [3.8, 4) is 0 Å². The van der Waals surface area contributed by atoms with Crippen molar-refractivity contribution >= 4 is 0 Å². The molecule has 1 aromatic carbocycles. The molecule has 0 saturated carbocycles. The van der Waals surface area contributed by atoms with Crippen LogP contribution in [0.25, 0.3) is 0 Å². The Morgan fingerprint density at radius 1 is 1.40 bits per heavy atom. The van der Waals surface area contributed by atoms with Gasteiger partial charge in [-0.1, -0.05) is 6.07 Å². The summed E-state index contributed by atoms with van der Waals surface area (Å²) in [6, 6.07) is 5.67. The Morgan fingerprint density at radius 2 is 2.15 bits per heavy atom. The molecular weight excluding hydrogens is 253 g/mol. The average molecular weight is 279 g/mol. The number of aryl methyl sites for hydroxylation is 1. The van der Waals surface area contributed by atoms with Crippen molar-refractivity contribution in [2.45, 2.75) is 32.4 Å². The Balaban J connectivity index is 2.26.